The van der Waals surface area contributed by atoms with Gasteiger partial charge in [0.25, 0.3) is 0 Å². The lowest BCUT2D eigenvalue weighted by atomic mass is 10.2. The number of aromatic nitrogens is 3. The molecule has 0 unspecified atom stereocenters. The molecule has 7 nitrogen and oxygen atoms in total. The SMILES string of the molecule is CCOc1ccc(-n2nc3ccc(NC(=O)/C=C/c4ccc(-c5ccccc5)o4)cc3n2)cc1. The van der Waals surface area contributed by atoms with E-state index in [0.29, 0.717) is 23.6 Å². The Balaban J connectivity index is 1.26. The molecule has 0 bridgehead atoms. The standard InChI is InChI=1S/C27H22N4O3/c1-2-33-22-11-9-21(10-12-22)31-29-24-15-8-20(18-25(24)30-31)28-27(32)17-14-23-13-16-26(34-23)19-6-4-3-5-7-19/h3-18H,2H2,1H3,(H,28,32)/b17-14+. The molecule has 0 fully saturated rings. The maximum absolute atomic E-state index is 12.4. The molecule has 0 atom stereocenters. The van der Waals surface area contributed by atoms with E-state index in [0.717, 1.165) is 28.3 Å². The minimum Gasteiger partial charge on any atom is -0.494 e. The van der Waals surface area contributed by atoms with E-state index in [-0.39, 0.29) is 5.91 Å². The molecular weight excluding hydrogens is 428 g/mol. The third kappa shape index (κ3) is 4.73. The monoisotopic (exact) mass is 450 g/mol. The maximum Gasteiger partial charge on any atom is 0.248 e. The summed E-state index contributed by atoms with van der Waals surface area (Å²) in [5.41, 5.74) is 3.84. The van der Waals surface area contributed by atoms with Gasteiger partial charge in [-0.1, -0.05) is 30.3 Å². The highest BCUT2D eigenvalue weighted by atomic mass is 16.5. The average molecular weight is 450 g/mol. The first-order chi connectivity index (χ1) is 16.7. The number of hydrogen-bond acceptors (Lipinski definition) is 5. The first-order valence-corrected chi connectivity index (χ1v) is 10.9. The third-order valence-corrected chi connectivity index (χ3v) is 5.11. The van der Waals surface area contributed by atoms with Gasteiger partial charge in [-0.2, -0.15) is 4.80 Å². The smallest absolute Gasteiger partial charge is 0.248 e. The van der Waals surface area contributed by atoms with Crippen LogP contribution < -0.4 is 10.1 Å². The van der Waals surface area contributed by atoms with Crippen LogP contribution in [0.4, 0.5) is 5.69 Å². The Morgan fingerprint density at radius 2 is 1.76 bits per heavy atom. The van der Waals surface area contributed by atoms with E-state index in [1.807, 2.05) is 79.7 Å². The number of furan rings is 1. The van der Waals surface area contributed by atoms with Crippen molar-refractivity contribution in [2.75, 3.05) is 11.9 Å². The number of carbonyl (C=O) groups is 1. The number of benzene rings is 3. The van der Waals surface area contributed by atoms with Crippen molar-refractivity contribution in [3.05, 3.63) is 96.8 Å². The molecule has 3 aromatic carbocycles. The zero-order valence-corrected chi connectivity index (χ0v) is 18.5. The molecule has 5 aromatic rings. The molecule has 1 amide bonds. The highest BCUT2D eigenvalue weighted by molar-refractivity contribution is 6.02. The summed E-state index contributed by atoms with van der Waals surface area (Å²) in [6.07, 6.45) is 3.08. The van der Waals surface area contributed by atoms with Crippen LogP contribution in [0.5, 0.6) is 5.75 Å². The van der Waals surface area contributed by atoms with Gasteiger partial charge < -0.3 is 14.5 Å². The molecule has 0 aliphatic carbocycles. The number of amides is 1. The van der Waals surface area contributed by atoms with Crippen LogP contribution in [0, 0.1) is 0 Å². The van der Waals surface area contributed by atoms with Crippen molar-refractivity contribution >= 4 is 28.7 Å². The first-order valence-electron chi connectivity index (χ1n) is 10.9. The van der Waals surface area contributed by atoms with Gasteiger partial charge in [-0.3, -0.25) is 4.79 Å². The van der Waals surface area contributed by atoms with E-state index in [1.54, 1.807) is 23.0 Å². The highest BCUT2D eigenvalue weighted by Crippen LogP contribution is 2.23. The van der Waals surface area contributed by atoms with Gasteiger partial charge >= 0.3 is 0 Å². The third-order valence-electron chi connectivity index (χ3n) is 5.11. The molecule has 0 aliphatic heterocycles. The van der Waals surface area contributed by atoms with Crippen molar-refractivity contribution in [3.8, 4) is 22.8 Å². The van der Waals surface area contributed by atoms with E-state index < -0.39 is 0 Å². The number of nitrogens with one attached hydrogen (secondary N) is 1. The average Bonchev–Trinajstić information content (AvgIpc) is 3.51. The quantitative estimate of drug-likeness (QED) is 0.320. The molecule has 2 heterocycles. The van der Waals surface area contributed by atoms with Crippen molar-refractivity contribution in [3.63, 3.8) is 0 Å². The second kappa shape index (κ2) is 9.46. The summed E-state index contributed by atoms with van der Waals surface area (Å²) in [6.45, 7) is 2.56. The highest BCUT2D eigenvalue weighted by Gasteiger charge is 2.08. The zero-order chi connectivity index (χ0) is 23.3. The predicted molar refractivity (Wildman–Crippen MR) is 132 cm³/mol. The maximum atomic E-state index is 12.4. The minimum atomic E-state index is -0.268. The molecule has 0 saturated carbocycles. The second-order valence-corrected chi connectivity index (χ2v) is 7.51. The van der Waals surface area contributed by atoms with Crippen LogP contribution in [0.1, 0.15) is 12.7 Å². The van der Waals surface area contributed by atoms with Crippen LogP contribution >= 0.6 is 0 Å². The summed E-state index contributed by atoms with van der Waals surface area (Å²) < 4.78 is 11.3. The Kier molecular flexibility index (Phi) is 5.90. The van der Waals surface area contributed by atoms with Gasteiger partial charge in [0.15, 0.2) is 0 Å². The van der Waals surface area contributed by atoms with Crippen LogP contribution in [-0.4, -0.2) is 27.5 Å². The molecule has 34 heavy (non-hydrogen) atoms. The molecular formula is C27H22N4O3. The van der Waals surface area contributed by atoms with E-state index >= 15 is 0 Å². The van der Waals surface area contributed by atoms with Crippen molar-refractivity contribution < 1.29 is 13.9 Å². The molecule has 168 valence electrons. The fourth-order valence-corrected chi connectivity index (χ4v) is 3.49. The Hall–Kier alpha value is -4.65. The number of fused-ring (bicyclic) bond motifs is 1. The lowest BCUT2D eigenvalue weighted by Crippen LogP contribution is -2.07. The molecule has 0 spiro atoms. The van der Waals surface area contributed by atoms with Gasteiger partial charge in [0.1, 0.15) is 28.3 Å². The van der Waals surface area contributed by atoms with Gasteiger partial charge in [0.05, 0.1) is 12.3 Å². The summed E-state index contributed by atoms with van der Waals surface area (Å²) in [7, 11) is 0. The van der Waals surface area contributed by atoms with Crippen LogP contribution in [0.25, 0.3) is 34.1 Å². The lowest BCUT2D eigenvalue weighted by molar-refractivity contribution is -0.111. The number of hydrogen-bond donors (Lipinski definition) is 1. The van der Waals surface area contributed by atoms with Gasteiger partial charge in [-0.25, -0.2) is 0 Å². The summed E-state index contributed by atoms with van der Waals surface area (Å²) in [4.78, 5) is 14.0. The van der Waals surface area contributed by atoms with E-state index in [2.05, 4.69) is 15.5 Å². The summed E-state index contributed by atoms with van der Waals surface area (Å²) in [5, 5.41) is 11.9. The molecule has 0 radical (unpaired) electrons. The van der Waals surface area contributed by atoms with Gasteiger partial charge in [-0.15, -0.1) is 10.2 Å². The number of anilines is 1. The van der Waals surface area contributed by atoms with Crippen molar-refractivity contribution in [2.24, 2.45) is 0 Å². The molecule has 0 aliphatic rings. The van der Waals surface area contributed by atoms with E-state index in [9.17, 15) is 4.79 Å². The lowest BCUT2D eigenvalue weighted by Gasteiger charge is -2.03. The Bertz CT molecular complexity index is 1450. The number of nitrogens with zero attached hydrogens (tertiary/aromatic N) is 3. The Labute approximate surface area is 196 Å². The summed E-state index contributed by atoms with van der Waals surface area (Å²) >= 11 is 0. The number of carbonyl (C=O) groups excluding carboxylic acids is 1. The number of rotatable bonds is 7. The van der Waals surface area contributed by atoms with Crippen LogP contribution in [0.2, 0.25) is 0 Å². The predicted octanol–water partition coefficient (Wildman–Crippen LogP) is 5.73. The topological polar surface area (TPSA) is 82.2 Å². The molecule has 2 aromatic heterocycles. The zero-order valence-electron chi connectivity index (χ0n) is 18.5. The largest absolute Gasteiger partial charge is 0.494 e. The van der Waals surface area contributed by atoms with Crippen molar-refractivity contribution in [1.82, 2.24) is 15.0 Å². The fourth-order valence-electron chi connectivity index (χ4n) is 3.49. The van der Waals surface area contributed by atoms with Crippen LogP contribution in [-0.2, 0) is 4.79 Å². The second-order valence-electron chi connectivity index (χ2n) is 7.51. The molecule has 7 heteroatoms. The molecule has 1 N–H and O–H groups in total. The van der Waals surface area contributed by atoms with E-state index in [1.165, 1.54) is 6.08 Å². The summed E-state index contributed by atoms with van der Waals surface area (Å²) in [6, 6.07) is 26.5. The van der Waals surface area contributed by atoms with Gasteiger partial charge in [-0.05, 0) is 67.6 Å². The molecule has 0 saturated heterocycles. The first kappa shape index (κ1) is 21.2. The minimum absolute atomic E-state index is 0.268. The Morgan fingerprint density at radius 1 is 0.971 bits per heavy atom. The van der Waals surface area contributed by atoms with Crippen LogP contribution in [0.15, 0.2) is 95.4 Å². The van der Waals surface area contributed by atoms with Gasteiger partial charge in [0.2, 0.25) is 5.91 Å². The molecule has 5 rings (SSSR count). The summed E-state index contributed by atoms with van der Waals surface area (Å²) in [5.74, 6) is 1.88. The van der Waals surface area contributed by atoms with E-state index in [4.69, 9.17) is 9.15 Å². The fraction of sp³-hybridized carbons (Fsp3) is 0.0741. The van der Waals surface area contributed by atoms with Crippen molar-refractivity contribution in [1.29, 1.82) is 0 Å². The van der Waals surface area contributed by atoms with Crippen molar-refractivity contribution in [2.45, 2.75) is 6.92 Å². The van der Waals surface area contributed by atoms with Crippen LogP contribution in [0.3, 0.4) is 0 Å². The normalized spacial score (nSPS) is 11.2. The Morgan fingerprint density at radius 3 is 2.56 bits per heavy atom. The van der Waals surface area contributed by atoms with Gasteiger partial charge in [0, 0.05) is 17.3 Å². The number of ether oxygens (including phenoxy) is 1.